The molecule has 0 saturated carbocycles. The molecule has 4 nitrogen and oxygen atoms in total. The van der Waals surface area contributed by atoms with E-state index in [4.69, 9.17) is 23.1 Å². The summed E-state index contributed by atoms with van der Waals surface area (Å²) in [6.07, 6.45) is 0.579. The molecule has 1 aromatic rings. The second-order valence-electron chi connectivity index (χ2n) is 3.40. The van der Waals surface area contributed by atoms with Gasteiger partial charge in [0.15, 0.2) is 5.96 Å². The third-order valence-electron chi connectivity index (χ3n) is 2.25. The van der Waals surface area contributed by atoms with Crippen LogP contribution in [0.1, 0.15) is 5.56 Å². The van der Waals surface area contributed by atoms with Crippen molar-refractivity contribution < 1.29 is 4.79 Å². The number of thioether (sulfide) groups is 1. The standard InChI is InChI=1S/C10H10ClN3OS/c11-6-2-1-3-7-5(6)4-8(16-7)9(15)14-10(12)13/h1-3,8H,4H2,(H4,12,13,14,15). The molecule has 1 heterocycles. The lowest BCUT2D eigenvalue weighted by Crippen LogP contribution is -2.27. The molecular weight excluding hydrogens is 246 g/mol. The van der Waals surface area contributed by atoms with E-state index in [1.165, 1.54) is 11.8 Å². The Labute approximate surface area is 102 Å². The van der Waals surface area contributed by atoms with Crippen molar-refractivity contribution >= 4 is 35.2 Å². The Balaban J connectivity index is 2.20. The molecule has 84 valence electrons. The van der Waals surface area contributed by atoms with Gasteiger partial charge in [0.05, 0.1) is 5.25 Å². The van der Waals surface area contributed by atoms with Gasteiger partial charge in [0, 0.05) is 9.92 Å². The normalized spacial score (nSPS) is 17.9. The molecule has 0 bridgehead atoms. The summed E-state index contributed by atoms with van der Waals surface area (Å²) < 4.78 is 0. The molecule has 6 heteroatoms. The first-order valence-corrected chi connectivity index (χ1v) is 5.91. The first-order valence-electron chi connectivity index (χ1n) is 4.65. The Morgan fingerprint density at radius 1 is 1.50 bits per heavy atom. The minimum absolute atomic E-state index is 0.201. The predicted molar refractivity (Wildman–Crippen MR) is 65.6 cm³/mol. The van der Waals surface area contributed by atoms with E-state index in [1.54, 1.807) is 0 Å². The van der Waals surface area contributed by atoms with E-state index in [0.29, 0.717) is 11.4 Å². The van der Waals surface area contributed by atoms with E-state index in [0.717, 1.165) is 10.5 Å². The molecule has 1 atom stereocenters. The van der Waals surface area contributed by atoms with Crippen LogP contribution in [-0.4, -0.2) is 17.1 Å². The molecule has 0 aliphatic carbocycles. The molecule has 0 spiro atoms. The number of carbonyl (C=O) groups is 1. The van der Waals surface area contributed by atoms with E-state index in [1.807, 2.05) is 18.2 Å². The maximum absolute atomic E-state index is 11.6. The summed E-state index contributed by atoms with van der Waals surface area (Å²) in [6.45, 7) is 0. The number of carbonyl (C=O) groups excluding carboxylic acids is 1. The number of benzene rings is 1. The van der Waals surface area contributed by atoms with Gasteiger partial charge in [0.1, 0.15) is 0 Å². The summed E-state index contributed by atoms with van der Waals surface area (Å²) in [7, 11) is 0. The second kappa shape index (κ2) is 4.35. The van der Waals surface area contributed by atoms with E-state index < -0.39 is 0 Å². The van der Waals surface area contributed by atoms with E-state index in [2.05, 4.69) is 4.99 Å². The van der Waals surface area contributed by atoms with Gasteiger partial charge in [-0.3, -0.25) is 4.79 Å². The molecule has 0 aromatic heterocycles. The number of hydrogen-bond acceptors (Lipinski definition) is 2. The van der Waals surface area contributed by atoms with Crippen molar-refractivity contribution in [3.05, 3.63) is 28.8 Å². The third kappa shape index (κ3) is 2.15. The molecule has 1 aliphatic heterocycles. The van der Waals surface area contributed by atoms with Gasteiger partial charge in [-0.05, 0) is 24.1 Å². The number of rotatable bonds is 1. The van der Waals surface area contributed by atoms with Crippen LogP contribution in [0.3, 0.4) is 0 Å². The quantitative estimate of drug-likeness (QED) is 0.583. The zero-order valence-corrected chi connectivity index (χ0v) is 9.89. The van der Waals surface area contributed by atoms with Gasteiger partial charge >= 0.3 is 0 Å². The minimum Gasteiger partial charge on any atom is -0.370 e. The number of halogens is 1. The van der Waals surface area contributed by atoms with Crippen LogP contribution in [-0.2, 0) is 11.2 Å². The predicted octanol–water partition coefficient (Wildman–Crippen LogP) is 1.16. The molecule has 1 amide bonds. The smallest absolute Gasteiger partial charge is 0.262 e. The zero-order chi connectivity index (χ0) is 11.7. The highest BCUT2D eigenvalue weighted by Crippen LogP contribution is 2.40. The number of hydrogen-bond donors (Lipinski definition) is 2. The Bertz CT molecular complexity index is 471. The average molecular weight is 256 g/mol. The van der Waals surface area contributed by atoms with Crippen molar-refractivity contribution in [1.29, 1.82) is 0 Å². The molecule has 2 rings (SSSR count). The summed E-state index contributed by atoms with van der Waals surface area (Å²) >= 11 is 7.48. The summed E-state index contributed by atoms with van der Waals surface area (Å²) in [6, 6.07) is 5.62. The lowest BCUT2D eigenvalue weighted by atomic mass is 10.1. The van der Waals surface area contributed by atoms with E-state index >= 15 is 0 Å². The van der Waals surface area contributed by atoms with Crippen molar-refractivity contribution in [3.63, 3.8) is 0 Å². The van der Waals surface area contributed by atoms with Crippen LogP contribution >= 0.6 is 23.4 Å². The van der Waals surface area contributed by atoms with Crippen molar-refractivity contribution in [3.8, 4) is 0 Å². The maximum Gasteiger partial charge on any atom is 0.262 e. The van der Waals surface area contributed by atoms with Crippen LogP contribution in [0.2, 0.25) is 5.02 Å². The molecule has 0 saturated heterocycles. The number of nitrogens with two attached hydrogens (primary N) is 2. The zero-order valence-electron chi connectivity index (χ0n) is 8.31. The van der Waals surface area contributed by atoms with Crippen molar-refractivity contribution in [1.82, 2.24) is 0 Å². The van der Waals surface area contributed by atoms with Gasteiger partial charge in [0.2, 0.25) is 0 Å². The average Bonchev–Trinajstić information content (AvgIpc) is 2.61. The largest absolute Gasteiger partial charge is 0.370 e. The number of nitrogens with zero attached hydrogens (tertiary/aromatic N) is 1. The van der Waals surface area contributed by atoms with Crippen molar-refractivity contribution in [2.45, 2.75) is 16.6 Å². The number of amides is 1. The lowest BCUT2D eigenvalue weighted by molar-refractivity contribution is -0.117. The Morgan fingerprint density at radius 2 is 2.25 bits per heavy atom. The fourth-order valence-electron chi connectivity index (χ4n) is 1.56. The molecule has 1 unspecified atom stereocenters. The molecular formula is C10H10ClN3OS. The summed E-state index contributed by atoms with van der Waals surface area (Å²) in [5.41, 5.74) is 11.3. The monoisotopic (exact) mass is 255 g/mol. The topological polar surface area (TPSA) is 81.5 Å². The maximum atomic E-state index is 11.6. The molecule has 16 heavy (non-hydrogen) atoms. The molecule has 4 N–H and O–H groups in total. The summed E-state index contributed by atoms with van der Waals surface area (Å²) in [5, 5.41) is 0.419. The number of fused-ring (bicyclic) bond motifs is 1. The van der Waals surface area contributed by atoms with Crippen LogP contribution in [0.5, 0.6) is 0 Å². The highest BCUT2D eigenvalue weighted by atomic mass is 35.5. The van der Waals surface area contributed by atoms with Gasteiger partial charge in [-0.2, -0.15) is 4.99 Å². The van der Waals surface area contributed by atoms with Gasteiger partial charge in [-0.25, -0.2) is 0 Å². The Morgan fingerprint density at radius 3 is 2.88 bits per heavy atom. The number of aliphatic imine (C=N–C) groups is 1. The molecule has 0 radical (unpaired) electrons. The highest BCUT2D eigenvalue weighted by molar-refractivity contribution is 8.01. The summed E-state index contributed by atoms with van der Waals surface area (Å²) in [5.74, 6) is -0.509. The van der Waals surface area contributed by atoms with Crippen LogP contribution in [0, 0.1) is 0 Å². The van der Waals surface area contributed by atoms with Crippen LogP contribution in [0.25, 0.3) is 0 Å². The first kappa shape index (κ1) is 11.3. The van der Waals surface area contributed by atoms with Gasteiger partial charge in [0.25, 0.3) is 5.91 Å². The van der Waals surface area contributed by atoms with Crippen LogP contribution < -0.4 is 11.5 Å². The van der Waals surface area contributed by atoms with Crippen molar-refractivity contribution in [2.24, 2.45) is 16.5 Å². The molecule has 1 aliphatic rings. The minimum atomic E-state index is -0.308. The highest BCUT2D eigenvalue weighted by Gasteiger charge is 2.29. The SMILES string of the molecule is NC(N)=NC(=O)C1Cc2c(Cl)cccc2S1. The fraction of sp³-hybridized carbons (Fsp3) is 0.200. The Hall–Kier alpha value is -1.20. The first-order chi connectivity index (χ1) is 7.58. The van der Waals surface area contributed by atoms with Gasteiger partial charge in [-0.1, -0.05) is 17.7 Å². The fourth-order valence-corrected chi connectivity index (χ4v) is 3.08. The Kier molecular flexibility index (Phi) is 3.07. The van der Waals surface area contributed by atoms with Crippen LogP contribution in [0.4, 0.5) is 0 Å². The van der Waals surface area contributed by atoms with Gasteiger partial charge < -0.3 is 11.5 Å². The molecule has 0 fully saturated rings. The molecule has 1 aromatic carbocycles. The lowest BCUT2D eigenvalue weighted by Gasteiger charge is -2.01. The third-order valence-corrected chi connectivity index (χ3v) is 3.89. The van der Waals surface area contributed by atoms with E-state index in [9.17, 15) is 4.79 Å². The second-order valence-corrected chi connectivity index (χ2v) is 5.05. The van der Waals surface area contributed by atoms with Crippen molar-refractivity contribution in [2.75, 3.05) is 0 Å². The number of guanidine groups is 1. The van der Waals surface area contributed by atoms with Crippen LogP contribution in [0.15, 0.2) is 28.1 Å². The van der Waals surface area contributed by atoms with E-state index in [-0.39, 0.29) is 17.1 Å². The summed E-state index contributed by atoms with van der Waals surface area (Å²) in [4.78, 5) is 16.2. The van der Waals surface area contributed by atoms with Gasteiger partial charge in [-0.15, -0.1) is 11.8 Å².